The molecule has 0 bridgehead atoms. The summed E-state index contributed by atoms with van der Waals surface area (Å²) >= 11 is 1.96. The Hall–Kier alpha value is -1.26. The van der Waals surface area contributed by atoms with Crippen LogP contribution in [0.5, 0.6) is 0 Å². The van der Waals surface area contributed by atoms with Crippen molar-refractivity contribution in [2.24, 2.45) is 7.05 Å². The molecule has 0 fully saturated rings. The van der Waals surface area contributed by atoms with Gasteiger partial charge in [-0.2, -0.15) is 5.10 Å². The highest BCUT2D eigenvalue weighted by atomic mass is 32.2. The van der Waals surface area contributed by atoms with Crippen LogP contribution in [0, 0.1) is 0 Å². The van der Waals surface area contributed by atoms with Crippen molar-refractivity contribution in [1.29, 1.82) is 0 Å². The molecule has 3 nitrogen and oxygen atoms in total. The standard InChI is InChI=1S/C15H19N3S/c1-3-16-15(13-8-9-18(2)17-13)12-10-19-14-7-5-4-6-11(12)14/h4-9,12,15-16H,3,10H2,1-2H3. The Balaban J connectivity index is 1.94. The highest BCUT2D eigenvalue weighted by Gasteiger charge is 2.31. The van der Waals surface area contributed by atoms with Crippen molar-refractivity contribution >= 4 is 11.8 Å². The van der Waals surface area contributed by atoms with Crippen molar-refractivity contribution < 1.29 is 0 Å². The van der Waals surface area contributed by atoms with E-state index in [-0.39, 0.29) is 0 Å². The third kappa shape index (κ3) is 2.42. The van der Waals surface area contributed by atoms with Crippen molar-refractivity contribution in [3.63, 3.8) is 0 Å². The van der Waals surface area contributed by atoms with Gasteiger partial charge in [-0.1, -0.05) is 25.1 Å². The topological polar surface area (TPSA) is 29.9 Å². The maximum absolute atomic E-state index is 4.59. The molecule has 1 N–H and O–H groups in total. The van der Waals surface area contributed by atoms with Crippen molar-refractivity contribution in [2.45, 2.75) is 23.8 Å². The minimum atomic E-state index is 0.308. The number of aryl methyl sites for hydroxylation is 1. The molecule has 3 rings (SSSR count). The zero-order chi connectivity index (χ0) is 13.2. The molecule has 0 spiro atoms. The Morgan fingerprint density at radius 3 is 3.00 bits per heavy atom. The highest BCUT2D eigenvalue weighted by Crippen LogP contribution is 2.45. The molecular weight excluding hydrogens is 254 g/mol. The number of likely N-dealkylation sites (N-methyl/N-ethyl adjacent to an activating group) is 1. The number of aromatic nitrogens is 2. The lowest BCUT2D eigenvalue weighted by Gasteiger charge is -2.23. The van der Waals surface area contributed by atoms with Crippen LogP contribution < -0.4 is 5.32 Å². The first-order chi connectivity index (χ1) is 9.29. The molecule has 0 aliphatic carbocycles. The normalized spacial score (nSPS) is 19.4. The summed E-state index contributed by atoms with van der Waals surface area (Å²) in [4.78, 5) is 1.42. The lowest BCUT2D eigenvalue weighted by Crippen LogP contribution is -2.27. The summed E-state index contributed by atoms with van der Waals surface area (Å²) in [6, 6.07) is 11.2. The van der Waals surface area contributed by atoms with Crippen molar-refractivity contribution in [3.05, 3.63) is 47.8 Å². The molecule has 1 aliphatic heterocycles. The first-order valence-electron chi connectivity index (χ1n) is 6.74. The third-order valence-electron chi connectivity index (χ3n) is 3.62. The molecule has 0 saturated carbocycles. The first-order valence-corrected chi connectivity index (χ1v) is 7.73. The van der Waals surface area contributed by atoms with Crippen LogP contribution in [0.3, 0.4) is 0 Å². The second-order valence-electron chi connectivity index (χ2n) is 4.90. The van der Waals surface area contributed by atoms with Gasteiger partial charge in [0, 0.05) is 29.8 Å². The molecule has 100 valence electrons. The van der Waals surface area contributed by atoms with E-state index >= 15 is 0 Å². The predicted molar refractivity (Wildman–Crippen MR) is 79.5 cm³/mol. The van der Waals surface area contributed by atoms with E-state index in [2.05, 4.69) is 47.7 Å². The number of nitrogens with one attached hydrogen (secondary N) is 1. The molecule has 1 aromatic heterocycles. The van der Waals surface area contributed by atoms with E-state index in [4.69, 9.17) is 0 Å². The second-order valence-corrected chi connectivity index (χ2v) is 5.97. The number of benzene rings is 1. The van der Waals surface area contributed by atoms with Crippen LogP contribution in [-0.2, 0) is 7.05 Å². The Morgan fingerprint density at radius 2 is 2.26 bits per heavy atom. The molecule has 1 aromatic carbocycles. The van der Waals surface area contributed by atoms with E-state index in [0.29, 0.717) is 12.0 Å². The average molecular weight is 273 g/mol. The SMILES string of the molecule is CCNC(c1ccn(C)n1)C1CSc2ccccc21. The summed E-state index contributed by atoms with van der Waals surface area (Å²) in [5, 5.41) is 8.20. The average Bonchev–Trinajstić information content (AvgIpc) is 3.03. The number of fused-ring (bicyclic) bond motifs is 1. The van der Waals surface area contributed by atoms with Gasteiger partial charge in [-0.3, -0.25) is 4.68 Å². The summed E-state index contributed by atoms with van der Waals surface area (Å²) in [7, 11) is 1.98. The van der Waals surface area contributed by atoms with Gasteiger partial charge in [-0.05, 0) is 24.2 Å². The maximum atomic E-state index is 4.59. The number of hydrogen-bond donors (Lipinski definition) is 1. The van der Waals surface area contributed by atoms with Crippen LogP contribution in [0.1, 0.15) is 30.1 Å². The number of nitrogens with zero attached hydrogens (tertiary/aromatic N) is 2. The molecule has 2 heterocycles. The van der Waals surface area contributed by atoms with Gasteiger partial charge < -0.3 is 5.32 Å². The molecule has 2 aromatic rings. The molecular formula is C15H19N3S. The maximum Gasteiger partial charge on any atom is 0.0800 e. The molecule has 4 heteroatoms. The highest BCUT2D eigenvalue weighted by molar-refractivity contribution is 7.99. The fourth-order valence-electron chi connectivity index (χ4n) is 2.74. The zero-order valence-corrected chi connectivity index (χ0v) is 12.2. The van der Waals surface area contributed by atoms with Gasteiger partial charge in [0.2, 0.25) is 0 Å². The fourth-order valence-corrected chi connectivity index (χ4v) is 4.03. The molecule has 0 amide bonds. The van der Waals surface area contributed by atoms with Gasteiger partial charge in [-0.15, -0.1) is 11.8 Å². The molecule has 2 unspecified atom stereocenters. The van der Waals surface area contributed by atoms with Gasteiger partial charge in [0.15, 0.2) is 0 Å². The Bertz CT molecular complexity index is 564. The quantitative estimate of drug-likeness (QED) is 0.929. The van der Waals surface area contributed by atoms with Gasteiger partial charge in [-0.25, -0.2) is 0 Å². The van der Waals surface area contributed by atoms with Crippen molar-refractivity contribution in [1.82, 2.24) is 15.1 Å². The summed E-state index contributed by atoms with van der Waals surface area (Å²) in [6.07, 6.45) is 2.02. The van der Waals surface area contributed by atoms with Crippen LogP contribution >= 0.6 is 11.8 Å². The Labute approximate surface area is 118 Å². The fraction of sp³-hybridized carbons (Fsp3) is 0.400. The smallest absolute Gasteiger partial charge is 0.0800 e. The van der Waals surface area contributed by atoms with E-state index in [1.54, 1.807) is 0 Å². The number of thioether (sulfide) groups is 1. The predicted octanol–water partition coefficient (Wildman–Crippen LogP) is 2.96. The Morgan fingerprint density at radius 1 is 1.42 bits per heavy atom. The summed E-state index contributed by atoms with van der Waals surface area (Å²) < 4.78 is 1.88. The summed E-state index contributed by atoms with van der Waals surface area (Å²) in [5.74, 6) is 1.64. The Kier molecular flexibility index (Phi) is 3.62. The number of rotatable bonds is 4. The number of hydrogen-bond acceptors (Lipinski definition) is 3. The lowest BCUT2D eigenvalue weighted by atomic mass is 9.91. The van der Waals surface area contributed by atoms with Crippen molar-refractivity contribution in [3.8, 4) is 0 Å². The third-order valence-corrected chi connectivity index (χ3v) is 4.82. The van der Waals surface area contributed by atoms with Crippen LogP contribution in [0.2, 0.25) is 0 Å². The summed E-state index contributed by atoms with van der Waals surface area (Å²) in [5.41, 5.74) is 2.61. The second kappa shape index (κ2) is 5.39. The van der Waals surface area contributed by atoms with Crippen LogP contribution in [0.25, 0.3) is 0 Å². The molecule has 2 atom stereocenters. The van der Waals surface area contributed by atoms with E-state index < -0.39 is 0 Å². The largest absolute Gasteiger partial charge is 0.308 e. The van der Waals surface area contributed by atoms with Crippen LogP contribution in [-0.4, -0.2) is 22.1 Å². The van der Waals surface area contributed by atoms with Gasteiger partial charge in [0.25, 0.3) is 0 Å². The van der Waals surface area contributed by atoms with E-state index in [1.165, 1.54) is 10.5 Å². The summed E-state index contributed by atoms with van der Waals surface area (Å²) in [6.45, 7) is 3.12. The van der Waals surface area contributed by atoms with E-state index in [1.807, 2.05) is 29.7 Å². The van der Waals surface area contributed by atoms with Crippen molar-refractivity contribution in [2.75, 3.05) is 12.3 Å². The van der Waals surface area contributed by atoms with Gasteiger partial charge in [0.05, 0.1) is 11.7 Å². The molecule has 19 heavy (non-hydrogen) atoms. The zero-order valence-electron chi connectivity index (χ0n) is 11.3. The van der Waals surface area contributed by atoms with E-state index in [9.17, 15) is 0 Å². The van der Waals surface area contributed by atoms with Crippen LogP contribution in [0.4, 0.5) is 0 Å². The van der Waals surface area contributed by atoms with Gasteiger partial charge >= 0.3 is 0 Å². The minimum absolute atomic E-state index is 0.308. The molecule has 0 radical (unpaired) electrons. The van der Waals surface area contributed by atoms with Gasteiger partial charge in [0.1, 0.15) is 0 Å². The molecule has 1 aliphatic rings. The monoisotopic (exact) mass is 273 g/mol. The lowest BCUT2D eigenvalue weighted by molar-refractivity contribution is 0.469. The molecule has 0 saturated heterocycles. The van der Waals surface area contributed by atoms with E-state index in [0.717, 1.165) is 18.0 Å². The van der Waals surface area contributed by atoms with Crippen LogP contribution in [0.15, 0.2) is 41.4 Å². The first kappa shape index (κ1) is 12.8. The minimum Gasteiger partial charge on any atom is -0.308 e.